The Morgan fingerprint density at radius 2 is 1.76 bits per heavy atom. The Balaban J connectivity index is 1.65. The molecular formula is C17H26N4O3S. The van der Waals surface area contributed by atoms with Gasteiger partial charge in [-0.05, 0) is 6.42 Å². The molecule has 0 bridgehead atoms. The van der Waals surface area contributed by atoms with Crippen molar-refractivity contribution in [3.05, 3.63) is 5.01 Å². The lowest BCUT2D eigenvalue weighted by Crippen LogP contribution is -2.32. The van der Waals surface area contributed by atoms with Crippen molar-refractivity contribution in [3.8, 4) is 0 Å². The van der Waals surface area contributed by atoms with E-state index in [0.29, 0.717) is 5.13 Å². The monoisotopic (exact) mass is 366 g/mol. The van der Waals surface area contributed by atoms with Gasteiger partial charge in [0.2, 0.25) is 22.9 Å². The van der Waals surface area contributed by atoms with Gasteiger partial charge in [0, 0.05) is 32.2 Å². The first kappa shape index (κ1) is 19.5. The Morgan fingerprint density at radius 1 is 1.08 bits per heavy atom. The number of nitrogens with one attached hydrogen (secondary N) is 1. The van der Waals surface area contributed by atoms with E-state index in [4.69, 9.17) is 0 Å². The second-order valence-corrected chi connectivity index (χ2v) is 7.32. The smallest absolute Gasteiger partial charge is 0.229 e. The fraction of sp³-hybridized carbons (Fsp3) is 0.706. The van der Waals surface area contributed by atoms with Crippen molar-refractivity contribution in [1.82, 2.24) is 15.1 Å². The number of likely N-dealkylation sites (tertiary alicyclic amines) is 1. The summed E-state index contributed by atoms with van der Waals surface area (Å²) in [5.74, 6) is -0.653. The lowest BCUT2D eigenvalue weighted by atomic mass is 10.1. The van der Waals surface area contributed by atoms with Gasteiger partial charge in [-0.25, -0.2) is 0 Å². The molecule has 8 heteroatoms. The summed E-state index contributed by atoms with van der Waals surface area (Å²) in [6, 6.07) is 0. The number of hydrogen-bond donors (Lipinski definition) is 1. The van der Waals surface area contributed by atoms with Crippen molar-refractivity contribution in [2.45, 2.75) is 71.1 Å². The molecule has 0 radical (unpaired) electrons. The van der Waals surface area contributed by atoms with Crippen LogP contribution in [0.4, 0.5) is 5.13 Å². The van der Waals surface area contributed by atoms with Crippen LogP contribution < -0.4 is 5.32 Å². The molecule has 138 valence electrons. The summed E-state index contributed by atoms with van der Waals surface area (Å²) in [7, 11) is 0. The molecule has 25 heavy (non-hydrogen) atoms. The second kappa shape index (κ2) is 10.2. The molecule has 2 rings (SSSR count). The molecule has 7 nitrogen and oxygen atoms in total. The van der Waals surface area contributed by atoms with Crippen molar-refractivity contribution < 1.29 is 14.4 Å². The summed E-state index contributed by atoms with van der Waals surface area (Å²) in [4.78, 5) is 36.1. The van der Waals surface area contributed by atoms with Crippen LogP contribution in [-0.2, 0) is 20.8 Å². The van der Waals surface area contributed by atoms with Gasteiger partial charge in [-0.1, -0.05) is 50.4 Å². The number of aryl methyl sites for hydroxylation is 1. The largest absolute Gasteiger partial charge is 0.300 e. The Hall–Kier alpha value is -1.83. The first-order valence-corrected chi connectivity index (χ1v) is 9.87. The molecule has 0 spiro atoms. The van der Waals surface area contributed by atoms with E-state index in [-0.39, 0.29) is 43.5 Å². The van der Waals surface area contributed by atoms with Crippen LogP contribution in [0.1, 0.15) is 69.7 Å². The highest BCUT2D eigenvalue weighted by atomic mass is 32.1. The van der Waals surface area contributed by atoms with E-state index in [1.54, 1.807) is 0 Å². The van der Waals surface area contributed by atoms with Crippen LogP contribution in [0.25, 0.3) is 0 Å². The van der Waals surface area contributed by atoms with Gasteiger partial charge in [0.05, 0.1) is 0 Å². The van der Waals surface area contributed by atoms with Gasteiger partial charge in [-0.3, -0.25) is 19.3 Å². The van der Waals surface area contributed by atoms with Crippen molar-refractivity contribution in [2.24, 2.45) is 0 Å². The lowest BCUT2D eigenvalue weighted by molar-refractivity contribution is -0.138. The van der Waals surface area contributed by atoms with Gasteiger partial charge in [0.15, 0.2) is 0 Å². The number of anilines is 1. The van der Waals surface area contributed by atoms with Crippen LogP contribution >= 0.6 is 11.3 Å². The number of amides is 3. The Kier molecular flexibility index (Phi) is 7.97. The van der Waals surface area contributed by atoms with Crippen LogP contribution in [0, 0.1) is 0 Å². The van der Waals surface area contributed by atoms with Gasteiger partial charge in [0.25, 0.3) is 0 Å². The van der Waals surface area contributed by atoms with Gasteiger partial charge >= 0.3 is 0 Å². The number of nitrogens with zero attached hydrogens (tertiary/aromatic N) is 3. The number of rotatable bonds is 11. The van der Waals surface area contributed by atoms with Gasteiger partial charge in [-0.2, -0.15) is 0 Å². The fourth-order valence-electron chi connectivity index (χ4n) is 2.73. The average molecular weight is 366 g/mol. The number of hydrogen-bond acceptors (Lipinski definition) is 6. The summed E-state index contributed by atoms with van der Waals surface area (Å²) in [6.45, 7) is 2.34. The number of imide groups is 1. The maximum Gasteiger partial charge on any atom is 0.229 e. The van der Waals surface area contributed by atoms with E-state index >= 15 is 0 Å². The molecule has 0 saturated carbocycles. The maximum atomic E-state index is 11.9. The highest BCUT2D eigenvalue weighted by molar-refractivity contribution is 7.15. The van der Waals surface area contributed by atoms with Gasteiger partial charge < -0.3 is 5.32 Å². The molecule has 1 saturated heterocycles. The quantitative estimate of drug-likeness (QED) is 0.480. The van der Waals surface area contributed by atoms with Crippen molar-refractivity contribution in [2.75, 3.05) is 11.9 Å². The van der Waals surface area contributed by atoms with E-state index in [2.05, 4.69) is 22.4 Å². The summed E-state index contributed by atoms with van der Waals surface area (Å²) in [6.07, 6.45) is 8.84. The molecular weight excluding hydrogens is 340 g/mol. The molecule has 1 fully saturated rings. The summed E-state index contributed by atoms with van der Waals surface area (Å²) in [5.41, 5.74) is 0. The van der Waals surface area contributed by atoms with Crippen molar-refractivity contribution in [3.63, 3.8) is 0 Å². The van der Waals surface area contributed by atoms with Crippen LogP contribution in [0.3, 0.4) is 0 Å². The fourth-order valence-corrected chi connectivity index (χ4v) is 3.53. The zero-order valence-electron chi connectivity index (χ0n) is 14.8. The predicted octanol–water partition coefficient (Wildman–Crippen LogP) is 2.92. The minimum Gasteiger partial charge on any atom is -0.300 e. The van der Waals surface area contributed by atoms with Crippen LogP contribution in [-0.4, -0.2) is 39.4 Å². The Bertz CT molecular complexity index is 586. The molecule has 3 amide bonds. The predicted molar refractivity (Wildman–Crippen MR) is 96.2 cm³/mol. The lowest BCUT2D eigenvalue weighted by Gasteiger charge is -2.12. The highest BCUT2D eigenvalue weighted by Crippen LogP contribution is 2.18. The van der Waals surface area contributed by atoms with E-state index in [1.807, 2.05) is 0 Å². The number of carbonyl (C=O) groups is 3. The van der Waals surface area contributed by atoms with Gasteiger partial charge in [0.1, 0.15) is 5.01 Å². The first-order chi connectivity index (χ1) is 12.1. The van der Waals surface area contributed by atoms with Crippen molar-refractivity contribution in [1.29, 1.82) is 0 Å². The molecule has 0 aliphatic carbocycles. The van der Waals surface area contributed by atoms with E-state index < -0.39 is 0 Å². The molecule has 0 atom stereocenters. The topological polar surface area (TPSA) is 92.3 Å². The molecule has 1 aromatic heterocycles. The Morgan fingerprint density at radius 3 is 2.48 bits per heavy atom. The average Bonchev–Trinajstić information content (AvgIpc) is 3.16. The standard InChI is InChI=1S/C17H26N4O3S/c1-2-3-4-5-6-7-8-14-19-20-17(25-14)18-13(22)11-12-21-15(23)9-10-16(21)24/h2-12H2,1H3,(H,18,20,22). The molecule has 0 aromatic carbocycles. The third-order valence-electron chi connectivity index (χ3n) is 4.17. The van der Waals surface area contributed by atoms with Crippen LogP contribution in [0.5, 0.6) is 0 Å². The minimum atomic E-state index is -0.255. The third-order valence-corrected chi connectivity index (χ3v) is 5.07. The van der Waals surface area contributed by atoms with Gasteiger partial charge in [-0.15, -0.1) is 10.2 Å². The van der Waals surface area contributed by atoms with Crippen LogP contribution in [0.2, 0.25) is 0 Å². The Labute approximate surface area is 152 Å². The van der Waals surface area contributed by atoms with E-state index in [0.717, 1.165) is 22.7 Å². The molecule has 2 heterocycles. The highest BCUT2D eigenvalue weighted by Gasteiger charge is 2.28. The van der Waals surface area contributed by atoms with E-state index in [1.165, 1.54) is 43.4 Å². The van der Waals surface area contributed by atoms with Crippen molar-refractivity contribution >= 4 is 34.2 Å². The minimum absolute atomic E-state index is 0.0871. The summed E-state index contributed by atoms with van der Waals surface area (Å²) in [5, 5.41) is 12.2. The SMILES string of the molecule is CCCCCCCCc1nnc(NC(=O)CCN2C(=O)CCC2=O)s1. The zero-order valence-corrected chi connectivity index (χ0v) is 15.6. The normalized spacial score (nSPS) is 14.4. The number of carbonyl (C=O) groups excluding carboxylic acids is 3. The number of unbranched alkanes of at least 4 members (excludes halogenated alkanes) is 5. The molecule has 0 unspecified atom stereocenters. The summed E-state index contributed by atoms with van der Waals surface area (Å²) < 4.78 is 0. The third kappa shape index (κ3) is 6.53. The molecule has 1 aliphatic rings. The van der Waals surface area contributed by atoms with E-state index in [9.17, 15) is 14.4 Å². The first-order valence-electron chi connectivity index (χ1n) is 9.05. The second-order valence-electron chi connectivity index (χ2n) is 6.26. The molecule has 1 aliphatic heterocycles. The van der Waals surface area contributed by atoms with Crippen LogP contribution in [0.15, 0.2) is 0 Å². The maximum absolute atomic E-state index is 11.9. The molecule has 1 N–H and O–H groups in total. The summed E-state index contributed by atoms with van der Waals surface area (Å²) >= 11 is 1.39. The molecule has 1 aromatic rings. The zero-order chi connectivity index (χ0) is 18.1. The number of aromatic nitrogens is 2.